The average Bonchev–Trinajstić information content (AvgIpc) is 3.02. The molecule has 0 aliphatic rings. The summed E-state index contributed by atoms with van der Waals surface area (Å²) in [7, 11) is -2.65. The molecule has 0 saturated heterocycles. The number of fused-ring (bicyclic) bond motifs is 1. The lowest BCUT2D eigenvalue weighted by Crippen LogP contribution is -2.21. The number of nitrogens with one attached hydrogen (secondary N) is 2. The number of rotatable bonds is 5. The summed E-state index contributed by atoms with van der Waals surface area (Å²) < 4.78 is 77.1. The van der Waals surface area contributed by atoms with Gasteiger partial charge in [0.25, 0.3) is 21.4 Å². The maximum atomic E-state index is 13.3. The predicted octanol–water partition coefficient (Wildman–Crippen LogP) is 0.649. The van der Waals surface area contributed by atoms with E-state index in [4.69, 9.17) is 4.74 Å². The third-order valence-corrected chi connectivity index (χ3v) is 4.78. The largest absolute Gasteiger partial charge is 0.481 e. The molecule has 11 nitrogen and oxygen atoms in total. The van der Waals surface area contributed by atoms with Crippen molar-refractivity contribution in [1.82, 2.24) is 24.6 Å². The number of pyridine rings is 1. The first-order valence-corrected chi connectivity index (χ1v) is 8.72. The van der Waals surface area contributed by atoms with E-state index in [9.17, 15) is 26.4 Å². The van der Waals surface area contributed by atoms with E-state index < -0.39 is 44.0 Å². The van der Waals surface area contributed by atoms with E-state index in [1.807, 2.05) is 4.72 Å². The standard InChI is InChI=1S/C13H11F3N6O5S/c1-26-7-5-8(23)22-12(18-7)19-11(20-22)21-28(24,25)9-6(13(14,15)16)3-4-17-10(9)27-2/h3-5H,1-2H3,(H2,18,19,20,21). The molecule has 0 atom stereocenters. The van der Waals surface area contributed by atoms with Crippen molar-refractivity contribution >= 4 is 21.7 Å². The zero-order valence-electron chi connectivity index (χ0n) is 14.1. The van der Waals surface area contributed by atoms with Crippen molar-refractivity contribution < 1.29 is 31.1 Å². The molecule has 0 aliphatic heterocycles. The second-order valence-electron chi connectivity index (χ2n) is 5.14. The quantitative estimate of drug-likeness (QED) is 0.613. The summed E-state index contributed by atoms with van der Waals surface area (Å²) in [6.07, 6.45) is -4.24. The molecule has 3 heterocycles. The van der Waals surface area contributed by atoms with Gasteiger partial charge in [0.2, 0.25) is 17.7 Å². The lowest BCUT2D eigenvalue weighted by Gasteiger charge is -2.15. The Bertz CT molecular complexity index is 1200. The molecule has 0 saturated carbocycles. The molecule has 0 aliphatic carbocycles. The molecule has 15 heteroatoms. The highest BCUT2D eigenvalue weighted by Crippen LogP contribution is 2.38. The van der Waals surface area contributed by atoms with Crippen molar-refractivity contribution in [1.29, 1.82) is 0 Å². The average molecular weight is 420 g/mol. The van der Waals surface area contributed by atoms with Crippen molar-refractivity contribution in [3.05, 3.63) is 34.2 Å². The zero-order chi connectivity index (χ0) is 20.7. The minimum absolute atomic E-state index is 0.0841. The number of H-pyrrole nitrogens is 1. The van der Waals surface area contributed by atoms with Gasteiger partial charge in [0.15, 0.2) is 4.90 Å². The van der Waals surface area contributed by atoms with Crippen molar-refractivity contribution in [2.45, 2.75) is 11.1 Å². The van der Waals surface area contributed by atoms with Crippen LogP contribution in [0.15, 0.2) is 28.0 Å². The van der Waals surface area contributed by atoms with Crippen LogP contribution in [0.25, 0.3) is 5.78 Å². The van der Waals surface area contributed by atoms with Crippen molar-refractivity contribution in [3.63, 3.8) is 0 Å². The number of hydrogen-bond acceptors (Lipinski definition) is 8. The van der Waals surface area contributed by atoms with Gasteiger partial charge >= 0.3 is 6.18 Å². The fraction of sp³-hybridized carbons (Fsp3) is 0.231. The summed E-state index contributed by atoms with van der Waals surface area (Å²) in [5, 5.41) is 2.28. The van der Waals surface area contributed by atoms with Gasteiger partial charge in [0.05, 0.1) is 25.8 Å². The van der Waals surface area contributed by atoms with E-state index >= 15 is 0 Å². The topological polar surface area (TPSA) is 141 Å². The zero-order valence-corrected chi connectivity index (χ0v) is 14.9. The molecule has 0 amide bonds. The second kappa shape index (κ2) is 6.66. The van der Waals surface area contributed by atoms with Crippen LogP contribution in [0.4, 0.5) is 19.1 Å². The summed E-state index contributed by atoms with van der Waals surface area (Å²) in [5.41, 5.74) is -2.17. The molecule has 0 fully saturated rings. The number of nitrogens with zero attached hydrogens (tertiary/aromatic N) is 4. The highest BCUT2D eigenvalue weighted by atomic mass is 32.2. The minimum Gasteiger partial charge on any atom is -0.481 e. The van der Waals surface area contributed by atoms with Crippen LogP contribution < -0.4 is 19.8 Å². The Morgan fingerprint density at radius 3 is 2.54 bits per heavy atom. The molecule has 3 aromatic heterocycles. The van der Waals surface area contributed by atoms with Crippen LogP contribution in [0, 0.1) is 0 Å². The van der Waals surface area contributed by atoms with Crippen molar-refractivity contribution in [3.8, 4) is 11.8 Å². The second-order valence-corrected chi connectivity index (χ2v) is 6.76. The molecule has 28 heavy (non-hydrogen) atoms. The van der Waals surface area contributed by atoms with Gasteiger partial charge in [-0.15, -0.1) is 0 Å². The Morgan fingerprint density at radius 2 is 1.93 bits per heavy atom. The third kappa shape index (κ3) is 3.42. The number of anilines is 1. The molecule has 0 spiro atoms. The van der Waals surface area contributed by atoms with E-state index in [-0.39, 0.29) is 11.7 Å². The molecular weight excluding hydrogens is 409 g/mol. The normalized spacial score (nSPS) is 12.2. The van der Waals surface area contributed by atoms with Crippen LogP contribution in [0.5, 0.6) is 11.8 Å². The van der Waals surface area contributed by atoms with Crippen molar-refractivity contribution in [2.75, 3.05) is 18.9 Å². The van der Waals surface area contributed by atoms with Crippen LogP contribution in [-0.2, 0) is 16.2 Å². The smallest absolute Gasteiger partial charge is 0.418 e. The van der Waals surface area contributed by atoms with E-state index in [1.165, 1.54) is 7.11 Å². The van der Waals surface area contributed by atoms with Gasteiger partial charge in [-0.1, -0.05) is 0 Å². The number of alkyl halides is 3. The maximum absolute atomic E-state index is 13.3. The van der Waals surface area contributed by atoms with Crippen LogP contribution in [0.1, 0.15) is 5.56 Å². The Morgan fingerprint density at radius 1 is 1.21 bits per heavy atom. The first kappa shape index (κ1) is 19.4. The fourth-order valence-electron chi connectivity index (χ4n) is 2.25. The number of aromatic nitrogens is 5. The molecular formula is C13H11F3N6O5S. The number of aromatic amines is 1. The molecule has 3 aromatic rings. The summed E-state index contributed by atoms with van der Waals surface area (Å²) in [5.74, 6) is -1.68. The fourth-order valence-corrected chi connectivity index (χ4v) is 3.53. The van der Waals surface area contributed by atoms with Crippen LogP contribution in [0.2, 0.25) is 0 Å². The Labute approximate surface area is 154 Å². The number of halogens is 3. The summed E-state index contributed by atoms with van der Waals surface area (Å²) in [4.78, 5) is 21.7. The number of sulfonamides is 1. The maximum Gasteiger partial charge on any atom is 0.418 e. The van der Waals surface area contributed by atoms with Crippen molar-refractivity contribution in [2.24, 2.45) is 0 Å². The molecule has 0 unspecified atom stereocenters. The predicted molar refractivity (Wildman–Crippen MR) is 86.8 cm³/mol. The summed E-state index contributed by atoms with van der Waals surface area (Å²) >= 11 is 0. The lowest BCUT2D eigenvalue weighted by atomic mass is 10.2. The van der Waals surface area contributed by atoms with Gasteiger partial charge in [-0.05, 0) is 6.07 Å². The highest BCUT2D eigenvalue weighted by Gasteiger charge is 2.40. The van der Waals surface area contributed by atoms with Gasteiger partial charge in [0.1, 0.15) is 0 Å². The third-order valence-electron chi connectivity index (χ3n) is 3.39. The molecule has 2 N–H and O–H groups in total. The Balaban J connectivity index is 2.12. The summed E-state index contributed by atoms with van der Waals surface area (Å²) in [6, 6.07) is 1.49. The van der Waals surface area contributed by atoms with Crippen LogP contribution in [-0.4, -0.2) is 47.2 Å². The molecule has 3 rings (SSSR count). The lowest BCUT2D eigenvalue weighted by molar-refractivity contribution is -0.140. The first-order chi connectivity index (χ1) is 13.1. The van der Waals surface area contributed by atoms with Gasteiger partial charge < -0.3 is 9.47 Å². The number of methoxy groups -OCH3 is 2. The van der Waals surface area contributed by atoms with E-state index in [1.54, 1.807) is 0 Å². The van der Waals surface area contributed by atoms with E-state index in [2.05, 4.69) is 24.8 Å². The van der Waals surface area contributed by atoms with E-state index in [0.717, 1.165) is 23.9 Å². The minimum atomic E-state index is -5.00. The summed E-state index contributed by atoms with van der Waals surface area (Å²) in [6.45, 7) is 0. The molecule has 0 bridgehead atoms. The Hall–Kier alpha value is -3.36. The van der Waals surface area contributed by atoms with E-state index in [0.29, 0.717) is 6.07 Å². The van der Waals surface area contributed by atoms with Gasteiger partial charge in [-0.3, -0.25) is 9.89 Å². The van der Waals surface area contributed by atoms with Crippen LogP contribution >= 0.6 is 0 Å². The van der Waals surface area contributed by atoms with Gasteiger partial charge in [-0.2, -0.15) is 27.7 Å². The Kier molecular flexibility index (Phi) is 4.62. The number of ether oxygens (including phenoxy) is 2. The molecule has 0 radical (unpaired) electrons. The number of hydrogen-bond donors (Lipinski definition) is 2. The molecule has 150 valence electrons. The monoisotopic (exact) mass is 420 g/mol. The molecule has 0 aromatic carbocycles. The highest BCUT2D eigenvalue weighted by molar-refractivity contribution is 7.92. The van der Waals surface area contributed by atoms with Gasteiger partial charge in [0, 0.05) is 6.20 Å². The first-order valence-electron chi connectivity index (χ1n) is 7.23. The SMILES string of the molecule is COc1cc(=O)n2[nH]c(NS(=O)(=O)c3c(C(F)(F)F)ccnc3OC)nc2n1. The van der Waals surface area contributed by atoms with Gasteiger partial charge in [-0.25, -0.2) is 18.1 Å². The van der Waals surface area contributed by atoms with Crippen LogP contribution in [0.3, 0.4) is 0 Å².